The van der Waals surface area contributed by atoms with Crippen molar-refractivity contribution in [3.8, 4) is 5.75 Å². The summed E-state index contributed by atoms with van der Waals surface area (Å²) in [5, 5.41) is 6.07. The number of methoxy groups -OCH3 is 1. The van der Waals surface area contributed by atoms with Crippen LogP contribution in [0.4, 0.5) is 5.69 Å². The van der Waals surface area contributed by atoms with Crippen molar-refractivity contribution in [1.82, 2.24) is 10.3 Å². The first kappa shape index (κ1) is 17.4. The number of fused-ring (bicyclic) bond motifs is 1. The van der Waals surface area contributed by atoms with Crippen molar-refractivity contribution in [2.24, 2.45) is 0 Å². The van der Waals surface area contributed by atoms with Crippen molar-refractivity contribution in [2.45, 2.75) is 13.5 Å². The maximum absolute atomic E-state index is 12.2. The molecule has 132 valence electrons. The number of aryl methyl sites for hydroxylation is 1. The zero-order chi connectivity index (χ0) is 18.5. The monoisotopic (exact) mass is 349 g/mol. The average molecular weight is 349 g/mol. The van der Waals surface area contributed by atoms with Crippen LogP contribution in [0.3, 0.4) is 0 Å². The van der Waals surface area contributed by atoms with E-state index in [9.17, 15) is 9.59 Å². The van der Waals surface area contributed by atoms with E-state index in [2.05, 4.69) is 15.6 Å². The minimum Gasteiger partial charge on any atom is -0.497 e. The number of anilines is 1. The van der Waals surface area contributed by atoms with Gasteiger partial charge in [0.15, 0.2) is 0 Å². The summed E-state index contributed by atoms with van der Waals surface area (Å²) >= 11 is 0. The van der Waals surface area contributed by atoms with Crippen LogP contribution in [-0.4, -0.2) is 23.9 Å². The van der Waals surface area contributed by atoms with Gasteiger partial charge in [-0.25, -0.2) is 0 Å². The lowest BCUT2D eigenvalue weighted by Crippen LogP contribution is -2.35. The highest BCUT2D eigenvalue weighted by Gasteiger charge is 2.15. The molecule has 0 bridgehead atoms. The SMILES string of the molecule is COc1ccc(CNC(=O)C(=O)Nc2cc(C)nc3ccccc23)cc1. The summed E-state index contributed by atoms with van der Waals surface area (Å²) in [5.74, 6) is -0.675. The molecule has 1 aromatic heterocycles. The number of pyridine rings is 1. The highest BCUT2D eigenvalue weighted by molar-refractivity contribution is 6.40. The number of benzene rings is 2. The van der Waals surface area contributed by atoms with Gasteiger partial charge in [-0.1, -0.05) is 30.3 Å². The maximum Gasteiger partial charge on any atom is 0.313 e. The van der Waals surface area contributed by atoms with E-state index < -0.39 is 11.8 Å². The minimum absolute atomic E-state index is 0.256. The van der Waals surface area contributed by atoms with Gasteiger partial charge in [-0.2, -0.15) is 0 Å². The van der Waals surface area contributed by atoms with Crippen LogP contribution in [0.25, 0.3) is 10.9 Å². The third-order valence-electron chi connectivity index (χ3n) is 3.91. The molecule has 2 aromatic carbocycles. The van der Waals surface area contributed by atoms with E-state index in [1.807, 2.05) is 43.3 Å². The second kappa shape index (κ2) is 7.65. The average Bonchev–Trinajstić information content (AvgIpc) is 2.66. The number of ether oxygens (including phenoxy) is 1. The summed E-state index contributed by atoms with van der Waals surface area (Å²) < 4.78 is 5.09. The van der Waals surface area contributed by atoms with Gasteiger partial charge in [0, 0.05) is 17.6 Å². The standard InChI is InChI=1S/C20H19N3O3/c1-13-11-18(16-5-3-4-6-17(16)22-13)23-20(25)19(24)21-12-14-7-9-15(26-2)10-8-14/h3-11H,12H2,1-2H3,(H,21,24)(H,22,23,25). The Hall–Kier alpha value is -3.41. The Morgan fingerprint density at radius 1 is 1.04 bits per heavy atom. The lowest BCUT2D eigenvalue weighted by molar-refractivity contribution is -0.136. The maximum atomic E-state index is 12.2. The number of amides is 2. The quantitative estimate of drug-likeness (QED) is 0.710. The molecule has 0 spiro atoms. The fourth-order valence-corrected chi connectivity index (χ4v) is 2.60. The molecule has 1 heterocycles. The van der Waals surface area contributed by atoms with Crippen molar-refractivity contribution in [3.05, 3.63) is 65.9 Å². The van der Waals surface area contributed by atoms with Crippen LogP contribution in [0.2, 0.25) is 0 Å². The normalized spacial score (nSPS) is 10.4. The summed E-state index contributed by atoms with van der Waals surface area (Å²) in [4.78, 5) is 28.7. The third kappa shape index (κ3) is 3.97. The summed E-state index contributed by atoms with van der Waals surface area (Å²) in [5.41, 5.74) is 2.97. The van der Waals surface area contributed by atoms with Gasteiger partial charge in [-0.15, -0.1) is 0 Å². The van der Waals surface area contributed by atoms with Gasteiger partial charge in [0.05, 0.1) is 18.3 Å². The van der Waals surface area contributed by atoms with E-state index in [0.29, 0.717) is 5.69 Å². The molecule has 0 aliphatic rings. The number of para-hydroxylation sites is 1. The Kier molecular flexibility index (Phi) is 5.12. The lowest BCUT2D eigenvalue weighted by atomic mass is 10.1. The molecule has 0 unspecified atom stereocenters. The number of carbonyl (C=O) groups excluding carboxylic acids is 2. The molecule has 0 fully saturated rings. The Balaban J connectivity index is 1.67. The number of nitrogens with one attached hydrogen (secondary N) is 2. The zero-order valence-corrected chi connectivity index (χ0v) is 14.6. The van der Waals surface area contributed by atoms with E-state index >= 15 is 0 Å². The summed E-state index contributed by atoms with van der Waals surface area (Å²) in [7, 11) is 1.59. The van der Waals surface area contributed by atoms with Gasteiger partial charge in [0.1, 0.15) is 5.75 Å². The van der Waals surface area contributed by atoms with Crippen LogP contribution in [0.5, 0.6) is 5.75 Å². The lowest BCUT2D eigenvalue weighted by Gasteiger charge is -2.10. The molecule has 26 heavy (non-hydrogen) atoms. The van der Waals surface area contributed by atoms with E-state index in [-0.39, 0.29) is 6.54 Å². The zero-order valence-electron chi connectivity index (χ0n) is 14.6. The van der Waals surface area contributed by atoms with Crippen LogP contribution in [-0.2, 0) is 16.1 Å². The number of aromatic nitrogens is 1. The summed E-state index contributed by atoms with van der Waals surface area (Å²) in [6.45, 7) is 2.10. The Bertz CT molecular complexity index is 952. The summed E-state index contributed by atoms with van der Waals surface area (Å²) in [6.07, 6.45) is 0. The summed E-state index contributed by atoms with van der Waals surface area (Å²) in [6, 6.07) is 16.5. The number of rotatable bonds is 4. The third-order valence-corrected chi connectivity index (χ3v) is 3.91. The molecule has 0 atom stereocenters. The van der Waals surface area contributed by atoms with Crippen molar-refractivity contribution in [3.63, 3.8) is 0 Å². The molecule has 0 radical (unpaired) electrons. The van der Waals surface area contributed by atoms with Crippen LogP contribution in [0, 0.1) is 6.92 Å². The highest BCUT2D eigenvalue weighted by atomic mass is 16.5. The van der Waals surface area contributed by atoms with E-state index in [4.69, 9.17) is 4.74 Å². The first-order chi connectivity index (χ1) is 12.6. The number of hydrogen-bond acceptors (Lipinski definition) is 4. The molecule has 0 saturated carbocycles. The first-order valence-electron chi connectivity index (χ1n) is 8.15. The largest absolute Gasteiger partial charge is 0.497 e. The number of hydrogen-bond donors (Lipinski definition) is 2. The predicted octanol–water partition coefficient (Wildman–Crippen LogP) is 2.81. The van der Waals surface area contributed by atoms with Gasteiger partial charge in [0.2, 0.25) is 0 Å². The fraction of sp³-hybridized carbons (Fsp3) is 0.150. The second-order valence-electron chi connectivity index (χ2n) is 5.81. The second-order valence-corrected chi connectivity index (χ2v) is 5.81. The Labute approximate surface area is 151 Å². The predicted molar refractivity (Wildman–Crippen MR) is 100.0 cm³/mol. The molecule has 0 saturated heterocycles. The smallest absolute Gasteiger partial charge is 0.313 e. The molecule has 6 heteroatoms. The van der Waals surface area contributed by atoms with Crippen LogP contribution in [0.1, 0.15) is 11.3 Å². The molecule has 2 amide bonds. The molecular weight excluding hydrogens is 330 g/mol. The molecule has 3 aromatic rings. The van der Waals surface area contributed by atoms with Crippen molar-refractivity contribution < 1.29 is 14.3 Å². The van der Waals surface area contributed by atoms with Crippen molar-refractivity contribution in [1.29, 1.82) is 0 Å². The van der Waals surface area contributed by atoms with E-state index in [1.54, 1.807) is 25.3 Å². The van der Waals surface area contributed by atoms with Crippen LogP contribution < -0.4 is 15.4 Å². The Morgan fingerprint density at radius 2 is 1.77 bits per heavy atom. The van der Waals surface area contributed by atoms with Gasteiger partial charge < -0.3 is 15.4 Å². The molecular formula is C20H19N3O3. The van der Waals surface area contributed by atoms with Crippen molar-refractivity contribution >= 4 is 28.4 Å². The minimum atomic E-state index is -0.714. The van der Waals surface area contributed by atoms with Crippen molar-refractivity contribution in [2.75, 3.05) is 12.4 Å². The van der Waals surface area contributed by atoms with Crippen LogP contribution in [0.15, 0.2) is 54.6 Å². The molecule has 0 aliphatic carbocycles. The molecule has 6 nitrogen and oxygen atoms in total. The first-order valence-corrected chi connectivity index (χ1v) is 8.15. The van der Waals surface area contributed by atoms with E-state index in [0.717, 1.165) is 27.9 Å². The van der Waals surface area contributed by atoms with Gasteiger partial charge in [-0.05, 0) is 36.8 Å². The van der Waals surface area contributed by atoms with Crippen LogP contribution >= 0.6 is 0 Å². The molecule has 0 aliphatic heterocycles. The highest BCUT2D eigenvalue weighted by Crippen LogP contribution is 2.22. The van der Waals surface area contributed by atoms with Gasteiger partial charge in [0.25, 0.3) is 0 Å². The number of carbonyl (C=O) groups is 2. The topological polar surface area (TPSA) is 80.3 Å². The molecule has 3 rings (SSSR count). The molecule has 2 N–H and O–H groups in total. The van der Waals surface area contributed by atoms with Gasteiger partial charge in [-0.3, -0.25) is 14.6 Å². The van der Waals surface area contributed by atoms with Gasteiger partial charge >= 0.3 is 11.8 Å². The van der Waals surface area contributed by atoms with E-state index in [1.165, 1.54) is 0 Å². The fourth-order valence-electron chi connectivity index (χ4n) is 2.60. The Morgan fingerprint density at radius 3 is 2.50 bits per heavy atom. The number of nitrogens with zero attached hydrogens (tertiary/aromatic N) is 1.